The fraction of sp³-hybridized carbons (Fsp3) is 0.932. The molecule has 286 valence electrons. The first-order valence-electron chi connectivity index (χ1n) is 21.9. The molecule has 0 aliphatic heterocycles. The molecule has 0 spiro atoms. The molecule has 0 heterocycles. The summed E-state index contributed by atoms with van der Waals surface area (Å²) in [5.41, 5.74) is 0. The molecule has 0 saturated carbocycles. The summed E-state index contributed by atoms with van der Waals surface area (Å²) >= 11 is 0. The van der Waals surface area contributed by atoms with E-state index in [4.69, 9.17) is 0 Å². The lowest BCUT2D eigenvalue weighted by Crippen LogP contribution is -2.45. The van der Waals surface area contributed by atoms with Crippen molar-refractivity contribution >= 4 is 5.91 Å². The van der Waals surface area contributed by atoms with Crippen molar-refractivity contribution in [1.82, 2.24) is 5.32 Å². The van der Waals surface area contributed by atoms with Gasteiger partial charge in [-0.25, -0.2) is 0 Å². The number of rotatable bonds is 40. The van der Waals surface area contributed by atoms with Crippen LogP contribution < -0.4 is 5.32 Å². The van der Waals surface area contributed by atoms with Crippen LogP contribution in [-0.4, -0.2) is 34.9 Å². The van der Waals surface area contributed by atoms with E-state index in [-0.39, 0.29) is 12.5 Å². The number of hydrogen-bond acceptors (Lipinski definition) is 3. The molecule has 0 radical (unpaired) electrons. The number of carbonyl (C=O) groups is 1. The number of hydrogen-bond donors (Lipinski definition) is 3. The van der Waals surface area contributed by atoms with Gasteiger partial charge in [-0.3, -0.25) is 4.79 Å². The van der Waals surface area contributed by atoms with Gasteiger partial charge < -0.3 is 15.5 Å². The van der Waals surface area contributed by atoms with Crippen molar-refractivity contribution in [2.75, 3.05) is 6.61 Å². The van der Waals surface area contributed by atoms with Gasteiger partial charge in [0.25, 0.3) is 0 Å². The molecule has 0 aliphatic carbocycles. The zero-order chi connectivity index (χ0) is 35.0. The van der Waals surface area contributed by atoms with Gasteiger partial charge in [0.15, 0.2) is 0 Å². The molecule has 0 bridgehead atoms. The van der Waals surface area contributed by atoms with Crippen LogP contribution in [0.4, 0.5) is 0 Å². The van der Waals surface area contributed by atoms with Crippen LogP contribution in [0, 0.1) is 0 Å². The predicted octanol–water partition coefficient (Wildman–Crippen LogP) is 13.5. The first kappa shape index (κ1) is 47.1. The Kier molecular flexibility index (Phi) is 39.8. The van der Waals surface area contributed by atoms with Gasteiger partial charge in [-0.15, -0.1) is 0 Å². The monoisotopic (exact) mass is 678 g/mol. The van der Waals surface area contributed by atoms with Crippen LogP contribution >= 0.6 is 0 Å². The number of allylic oxidation sites excluding steroid dienone is 1. The smallest absolute Gasteiger partial charge is 0.220 e. The van der Waals surface area contributed by atoms with Crippen LogP contribution in [0.2, 0.25) is 0 Å². The van der Waals surface area contributed by atoms with Crippen LogP contribution in [0.5, 0.6) is 0 Å². The Balaban J connectivity index is 3.40. The average Bonchev–Trinajstić information content (AvgIpc) is 3.09. The molecule has 0 fully saturated rings. The lowest BCUT2D eigenvalue weighted by atomic mass is 10.0. The van der Waals surface area contributed by atoms with Gasteiger partial charge in [0.1, 0.15) is 0 Å². The number of aliphatic hydroxyl groups is 2. The van der Waals surface area contributed by atoms with Gasteiger partial charge in [-0.05, 0) is 19.3 Å². The number of carbonyl (C=O) groups excluding carboxylic acids is 1. The maximum Gasteiger partial charge on any atom is 0.220 e. The highest BCUT2D eigenvalue weighted by Gasteiger charge is 2.17. The van der Waals surface area contributed by atoms with Crippen LogP contribution in [0.15, 0.2) is 12.2 Å². The average molecular weight is 678 g/mol. The summed E-state index contributed by atoms with van der Waals surface area (Å²) in [4.78, 5) is 12.3. The Bertz CT molecular complexity index is 651. The van der Waals surface area contributed by atoms with Crippen LogP contribution in [-0.2, 0) is 4.79 Å². The Morgan fingerprint density at radius 1 is 0.479 bits per heavy atom. The highest BCUT2D eigenvalue weighted by molar-refractivity contribution is 5.76. The number of amides is 1. The summed E-state index contributed by atoms with van der Waals surface area (Å²) in [5.74, 6) is -0.0619. The summed E-state index contributed by atoms with van der Waals surface area (Å²) in [6, 6.07) is -0.614. The predicted molar refractivity (Wildman–Crippen MR) is 212 cm³/mol. The van der Waals surface area contributed by atoms with Crippen molar-refractivity contribution in [1.29, 1.82) is 0 Å². The van der Waals surface area contributed by atoms with E-state index in [0.717, 1.165) is 25.7 Å². The fourth-order valence-electron chi connectivity index (χ4n) is 6.89. The maximum absolute atomic E-state index is 12.3. The summed E-state index contributed by atoms with van der Waals surface area (Å²) in [6.07, 6.45) is 50.5. The molecule has 2 unspecified atom stereocenters. The molecule has 4 nitrogen and oxygen atoms in total. The van der Waals surface area contributed by atoms with Gasteiger partial charge in [0, 0.05) is 6.42 Å². The molecule has 48 heavy (non-hydrogen) atoms. The molecule has 0 saturated heterocycles. The van der Waals surface area contributed by atoms with Gasteiger partial charge in [0.2, 0.25) is 5.91 Å². The van der Waals surface area contributed by atoms with Gasteiger partial charge in [0.05, 0.1) is 18.8 Å². The summed E-state index contributed by atoms with van der Waals surface area (Å²) in [6.45, 7) is 4.30. The fourth-order valence-corrected chi connectivity index (χ4v) is 6.89. The quantitative estimate of drug-likeness (QED) is 0.0446. The molecule has 0 aromatic heterocycles. The Morgan fingerprint density at radius 3 is 1.08 bits per heavy atom. The minimum Gasteiger partial charge on any atom is -0.394 e. The Labute approximate surface area is 301 Å². The second kappa shape index (κ2) is 40.6. The Morgan fingerprint density at radius 2 is 0.771 bits per heavy atom. The number of nitrogens with one attached hydrogen (secondary N) is 1. The third kappa shape index (κ3) is 36.4. The summed E-state index contributed by atoms with van der Waals surface area (Å²) in [7, 11) is 0. The van der Waals surface area contributed by atoms with E-state index in [1.807, 2.05) is 6.08 Å². The molecular formula is C44H87NO3. The standard InChI is InChI=1S/C44H87NO3/c1-3-5-7-9-11-13-14-15-16-17-18-19-20-21-22-23-24-25-26-27-28-29-30-32-34-36-38-40-44(48)45-42(41-46)43(47)39-37-35-33-31-12-10-8-6-4-2/h37,39,42-43,46-47H,3-36,38,40-41H2,1-2H3,(H,45,48)/b39-37+. The van der Waals surface area contributed by atoms with Crippen molar-refractivity contribution in [3.05, 3.63) is 12.2 Å². The van der Waals surface area contributed by atoms with E-state index in [1.165, 1.54) is 199 Å². The molecule has 3 N–H and O–H groups in total. The molecule has 0 aromatic rings. The first-order valence-corrected chi connectivity index (χ1v) is 21.9. The molecule has 1 amide bonds. The van der Waals surface area contributed by atoms with Crippen molar-refractivity contribution in [2.24, 2.45) is 0 Å². The maximum atomic E-state index is 12.3. The summed E-state index contributed by atoms with van der Waals surface area (Å²) in [5, 5.41) is 22.9. The molecule has 0 aromatic carbocycles. The molecule has 2 atom stereocenters. The van der Waals surface area contributed by atoms with E-state index < -0.39 is 12.1 Å². The van der Waals surface area contributed by atoms with E-state index in [2.05, 4.69) is 19.2 Å². The van der Waals surface area contributed by atoms with Gasteiger partial charge >= 0.3 is 0 Å². The van der Waals surface area contributed by atoms with Crippen LogP contribution in [0.3, 0.4) is 0 Å². The van der Waals surface area contributed by atoms with Crippen molar-refractivity contribution in [2.45, 2.75) is 257 Å². The number of aliphatic hydroxyl groups excluding tert-OH is 2. The highest BCUT2D eigenvalue weighted by Crippen LogP contribution is 2.16. The van der Waals surface area contributed by atoms with Crippen LogP contribution in [0.1, 0.15) is 245 Å². The Hall–Kier alpha value is -0.870. The minimum absolute atomic E-state index is 0.0619. The van der Waals surface area contributed by atoms with E-state index in [1.54, 1.807) is 6.08 Å². The minimum atomic E-state index is -0.831. The lowest BCUT2D eigenvalue weighted by Gasteiger charge is -2.20. The molecule has 0 aliphatic rings. The zero-order valence-corrected chi connectivity index (χ0v) is 32.8. The largest absolute Gasteiger partial charge is 0.394 e. The van der Waals surface area contributed by atoms with E-state index in [9.17, 15) is 15.0 Å². The van der Waals surface area contributed by atoms with Crippen molar-refractivity contribution in [3.63, 3.8) is 0 Å². The van der Waals surface area contributed by atoms with Crippen molar-refractivity contribution < 1.29 is 15.0 Å². The molecule has 0 rings (SSSR count). The van der Waals surface area contributed by atoms with E-state index >= 15 is 0 Å². The zero-order valence-electron chi connectivity index (χ0n) is 32.8. The third-order valence-electron chi connectivity index (χ3n) is 10.3. The van der Waals surface area contributed by atoms with E-state index in [0.29, 0.717) is 6.42 Å². The molecule has 4 heteroatoms. The van der Waals surface area contributed by atoms with Crippen molar-refractivity contribution in [3.8, 4) is 0 Å². The third-order valence-corrected chi connectivity index (χ3v) is 10.3. The lowest BCUT2D eigenvalue weighted by molar-refractivity contribution is -0.123. The first-order chi connectivity index (χ1) is 23.7. The topological polar surface area (TPSA) is 69.6 Å². The normalized spacial score (nSPS) is 13.0. The molecular weight excluding hydrogens is 590 g/mol. The summed E-state index contributed by atoms with van der Waals surface area (Å²) < 4.78 is 0. The second-order valence-corrected chi connectivity index (χ2v) is 15.1. The number of unbranched alkanes of at least 4 members (excludes halogenated alkanes) is 33. The van der Waals surface area contributed by atoms with Gasteiger partial charge in [-0.1, -0.05) is 231 Å². The highest BCUT2D eigenvalue weighted by atomic mass is 16.3. The SMILES string of the molecule is CCCCCCCCC/C=C/C(O)C(CO)NC(=O)CCCCCCCCCCCCCCCCCCCCCCCCCCCCC. The van der Waals surface area contributed by atoms with Gasteiger partial charge in [-0.2, -0.15) is 0 Å². The van der Waals surface area contributed by atoms with Crippen LogP contribution in [0.25, 0.3) is 0 Å². The second-order valence-electron chi connectivity index (χ2n) is 15.1.